The molecule has 0 radical (unpaired) electrons. The predicted molar refractivity (Wildman–Crippen MR) is 115 cm³/mol. The monoisotopic (exact) mass is 443 g/mol. The molecule has 31 heavy (non-hydrogen) atoms. The third-order valence-corrected chi connectivity index (χ3v) is 6.04. The molecule has 0 bridgehead atoms. The van der Waals surface area contributed by atoms with Crippen molar-refractivity contribution in [3.05, 3.63) is 65.5 Å². The number of carbonyl (C=O) groups is 2. The fourth-order valence-corrected chi connectivity index (χ4v) is 4.21. The lowest BCUT2D eigenvalue weighted by Crippen LogP contribution is -2.52. The van der Waals surface area contributed by atoms with Crippen molar-refractivity contribution in [3.63, 3.8) is 0 Å². The summed E-state index contributed by atoms with van der Waals surface area (Å²) >= 11 is 1.23. The van der Waals surface area contributed by atoms with Crippen molar-refractivity contribution >= 4 is 28.7 Å². The molecule has 2 amide bonds. The summed E-state index contributed by atoms with van der Waals surface area (Å²) in [5.74, 6) is 0.235. The van der Waals surface area contributed by atoms with Crippen LogP contribution in [0.4, 0.5) is 4.39 Å². The van der Waals surface area contributed by atoms with E-state index in [0.717, 1.165) is 16.9 Å². The van der Waals surface area contributed by atoms with E-state index in [4.69, 9.17) is 4.74 Å². The molecule has 0 aromatic heterocycles. The second kappa shape index (κ2) is 9.36. The highest BCUT2D eigenvalue weighted by atomic mass is 32.2. The Hall–Kier alpha value is -3.11. The van der Waals surface area contributed by atoms with Crippen molar-refractivity contribution in [1.29, 1.82) is 0 Å². The zero-order valence-corrected chi connectivity index (χ0v) is 17.6. The van der Waals surface area contributed by atoms with Gasteiger partial charge in [0, 0.05) is 6.54 Å². The van der Waals surface area contributed by atoms with E-state index >= 15 is 0 Å². The number of rotatable bonds is 6. The Morgan fingerprint density at radius 1 is 1.26 bits per heavy atom. The third kappa shape index (κ3) is 4.97. The summed E-state index contributed by atoms with van der Waals surface area (Å²) < 4.78 is 18.3. The van der Waals surface area contributed by atoms with Crippen LogP contribution in [-0.2, 0) is 16.1 Å². The fraction of sp³-hybridized carbons (Fsp3) is 0.286. The first-order valence-electron chi connectivity index (χ1n) is 9.74. The fourth-order valence-electron chi connectivity index (χ4n) is 3.42. The maximum Gasteiger partial charge on any atom is 0.264 e. The summed E-state index contributed by atoms with van der Waals surface area (Å²) in [6, 6.07) is 13.0. The van der Waals surface area contributed by atoms with Crippen LogP contribution in [0.5, 0.6) is 5.75 Å². The second-order valence-corrected chi connectivity index (χ2v) is 8.08. The molecule has 0 spiro atoms. The lowest BCUT2D eigenvalue weighted by molar-refractivity contribution is -0.125. The standard InChI is InChI=1S/C21H22FN5O3S/c1-30-16-8-2-13(3-9-16)11-23-19(28)12-31-21-25-24-20(29)18-10-17(26-27(18)21)14-4-6-15(22)7-5-14/h2-9,17-18,26H,10-12H2,1H3,(H,23,28)(H,24,29). The highest BCUT2D eigenvalue weighted by Gasteiger charge is 2.41. The molecule has 2 aliphatic rings. The van der Waals surface area contributed by atoms with Crippen LogP contribution in [0.3, 0.4) is 0 Å². The molecule has 1 saturated heterocycles. The smallest absolute Gasteiger partial charge is 0.264 e. The number of amides is 2. The Balaban J connectivity index is 1.32. The van der Waals surface area contributed by atoms with Crippen molar-refractivity contribution in [2.45, 2.75) is 25.0 Å². The van der Waals surface area contributed by atoms with E-state index < -0.39 is 6.04 Å². The van der Waals surface area contributed by atoms with Gasteiger partial charge >= 0.3 is 0 Å². The molecule has 162 valence electrons. The molecule has 8 nitrogen and oxygen atoms in total. The van der Waals surface area contributed by atoms with Gasteiger partial charge in [0.05, 0.1) is 18.9 Å². The van der Waals surface area contributed by atoms with Gasteiger partial charge in [0.2, 0.25) is 5.91 Å². The average molecular weight is 444 g/mol. The molecule has 2 atom stereocenters. The van der Waals surface area contributed by atoms with Crippen LogP contribution in [0.2, 0.25) is 0 Å². The van der Waals surface area contributed by atoms with Crippen LogP contribution < -0.4 is 20.9 Å². The molecule has 0 saturated carbocycles. The highest BCUT2D eigenvalue weighted by molar-refractivity contribution is 8.14. The molecule has 2 heterocycles. The van der Waals surface area contributed by atoms with Gasteiger partial charge in [-0.15, -0.1) is 5.10 Å². The van der Waals surface area contributed by atoms with E-state index in [1.165, 1.54) is 23.9 Å². The van der Waals surface area contributed by atoms with Gasteiger partial charge in [0.1, 0.15) is 17.6 Å². The number of hydrogen-bond donors (Lipinski definition) is 3. The van der Waals surface area contributed by atoms with Crippen LogP contribution in [0, 0.1) is 5.82 Å². The van der Waals surface area contributed by atoms with Gasteiger partial charge in [0.15, 0.2) is 5.17 Å². The summed E-state index contributed by atoms with van der Waals surface area (Å²) in [6.45, 7) is 0.407. The van der Waals surface area contributed by atoms with Gasteiger partial charge < -0.3 is 10.1 Å². The van der Waals surface area contributed by atoms with Crippen LogP contribution in [-0.4, -0.2) is 40.9 Å². The van der Waals surface area contributed by atoms with Crippen LogP contribution in [0.1, 0.15) is 23.6 Å². The molecule has 3 N–H and O–H groups in total. The van der Waals surface area contributed by atoms with Gasteiger partial charge in [-0.1, -0.05) is 36.0 Å². The third-order valence-electron chi connectivity index (χ3n) is 5.09. The van der Waals surface area contributed by atoms with E-state index in [1.54, 1.807) is 24.3 Å². The molecule has 2 unspecified atom stereocenters. The van der Waals surface area contributed by atoms with Gasteiger partial charge in [0.25, 0.3) is 5.91 Å². The van der Waals surface area contributed by atoms with Crippen molar-refractivity contribution in [2.75, 3.05) is 12.9 Å². The Morgan fingerprint density at radius 2 is 2.00 bits per heavy atom. The van der Waals surface area contributed by atoms with Gasteiger partial charge in [-0.25, -0.2) is 15.2 Å². The number of nitrogens with one attached hydrogen (secondary N) is 3. The lowest BCUT2D eigenvalue weighted by Gasteiger charge is -2.29. The number of hydrazine groups is 1. The average Bonchev–Trinajstić information content (AvgIpc) is 3.24. The zero-order chi connectivity index (χ0) is 21.8. The molecule has 0 aliphatic carbocycles. The number of fused-ring (bicyclic) bond motifs is 1. The predicted octanol–water partition coefficient (Wildman–Crippen LogP) is 1.90. The Morgan fingerprint density at radius 3 is 2.71 bits per heavy atom. The van der Waals surface area contributed by atoms with Crippen molar-refractivity contribution in [2.24, 2.45) is 5.10 Å². The minimum atomic E-state index is -0.447. The molecule has 2 aliphatic heterocycles. The van der Waals surface area contributed by atoms with Gasteiger partial charge in [-0.05, 0) is 41.8 Å². The summed E-state index contributed by atoms with van der Waals surface area (Å²) in [4.78, 5) is 24.5. The molecule has 1 fully saturated rings. The number of carbonyl (C=O) groups excluding carboxylic acids is 2. The first kappa shape index (κ1) is 21.1. The van der Waals surface area contributed by atoms with Crippen molar-refractivity contribution in [1.82, 2.24) is 21.2 Å². The Kier molecular flexibility index (Phi) is 6.38. The number of halogens is 1. The molecule has 10 heteroatoms. The van der Waals surface area contributed by atoms with Crippen molar-refractivity contribution < 1.29 is 18.7 Å². The Labute approximate surface area is 183 Å². The first-order valence-corrected chi connectivity index (χ1v) is 10.7. The zero-order valence-electron chi connectivity index (χ0n) is 16.8. The molecular weight excluding hydrogens is 421 g/mol. The number of hydrazone groups is 1. The minimum absolute atomic E-state index is 0.147. The van der Waals surface area contributed by atoms with Crippen LogP contribution >= 0.6 is 11.8 Å². The molecule has 2 aromatic rings. The molecular formula is C21H22FN5O3S. The number of nitrogens with zero attached hydrogens (tertiary/aromatic N) is 2. The molecule has 4 rings (SSSR count). The Bertz CT molecular complexity index is 984. The number of methoxy groups -OCH3 is 1. The normalized spacial score (nSPS) is 20.0. The van der Waals surface area contributed by atoms with Gasteiger partial charge in [-0.3, -0.25) is 14.6 Å². The van der Waals surface area contributed by atoms with Crippen LogP contribution in [0.25, 0.3) is 0 Å². The topological polar surface area (TPSA) is 95.1 Å². The van der Waals surface area contributed by atoms with Crippen LogP contribution in [0.15, 0.2) is 53.6 Å². The van der Waals surface area contributed by atoms with E-state index in [-0.39, 0.29) is 29.4 Å². The summed E-state index contributed by atoms with van der Waals surface area (Å²) in [6.07, 6.45) is 0.515. The maximum absolute atomic E-state index is 13.2. The number of benzene rings is 2. The van der Waals surface area contributed by atoms with E-state index in [2.05, 4.69) is 21.3 Å². The van der Waals surface area contributed by atoms with E-state index in [1.807, 2.05) is 24.3 Å². The van der Waals surface area contributed by atoms with E-state index in [0.29, 0.717) is 18.1 Å². The highest BCUT2D eigenvalue weighted by Crippen LogP contribution is 2.31. The maximum atomic E-state index is 13.2. The second-order valence-electron chi connectivity index (χ2n) is 7.14. The minimum Gasteiger partial charge on any atom is -0.497 e. The largest absolute Gasteiger partial charge is 0.497 e. The van der Waals surface area contributed by atoms with E-state index in [9.17, 15) is 14.0 Å². The lowest BCUT2D eigenvalue weighted by atomic mass is 10.0. The summed E-state index contributed by atoms with van der Waals surface area (Å²) in [5.41, 5.74) is 7.62. The number of amidine groups is 1. The quantitative estimate of drug-likeness (QED) is 0.631. The number of hydrogen-bond acceptors (Lipinski definition) is 7. The van der Waals surface area contributed by atoms with Crippen molar-refractivity contribution in [3.8, 4) is 5.75 Å². The van der Waals surface area contributed by atoms with Gasteiger partial charge in [-0.2, -0.15) is 0 Å². The first-order chi connectivity index (χ1) is 15.0. The molecule has 2 aromatic carbocycles. The SMILES string of the molecule is COc1ccc(CNC(=O)CSC2=NNC(=O)C3CC(c4ccc(F)cc4)NN23)cc1. The summed E-state index contributed by atoms with van der Waals surface area (Å²) in [7, 11) is 1.60. The number of thioether (sulfide) groups is 1. The summed E-state index contributed by atoms with van der Waals surface area (Å²) in [5, 5.41) is 9.16. The number of ether oxygens (including phenoxy) is 1.